The Morgan fingerprint density at radius 2 is 2.10 bits per heavy atom. The van der Waals surface area contributed by atoms with Crippen molar-refractivity contribution in [2.75, 3.05) is 31.5 Å². The van der Waals surface area contributed by atoms with Gasteiger partial charge >= 0.3 is 6.18 Å². The van der Waals surface area contributed by atoms with Crippen LogP contribution >= 0.6 is 0 Å². The number of para-hydroxylation sites is 1. The quantitative estimate of drug-likeness (QED) is 0.827. The highest BCUT2D eigenvalue weighted by atomic mass is 19.4. The van der Waals surface area contributed by atoms with Crippen molar-refractivity contribution in [3.63, 3.8) is 0 Å². The number of amides is 1. The van der Waals surface area contributed by atoms with Crippen LogP contribution in [-0.2, 0) is 11.0 Å². The molecule has 2 aliphatic rings. The Balaban J connectivity index is 1.43. The van der Waals surface area contributed by atoms with E-state index in [1.807, 2.05) is 4.90 Å². The molecule has 0 unspecified atom stereocenters. The molecule has 0 saturated carbocycles. The van der Waals surface area contributed by atoms with Gasteiger partial charge in [-0.15, -0.1) is 0 Å². The number of fused-ring (bicyclic) bond motifs is 1. The van der Waals surface area contributed by atoms with Crippen LogP contribution in [0.15, 0.2) is 30.5 Å². The molecule has 1 N–H and O–H groups in total. The largest absolute Gasteiger partial charge is 0.418 e. The standard InChI is InChI=1S/C21H22F3N5O/c22-21(23,24)17-5-1-4-16-18(6-8-26-20(16)17)27-14-7-10-28(12-14)13-19(30)29-9-2-3-15(29)11-25/h1,4-6,8,14-15H,2-3,7,9-10,12-13H2,(H,26,27)/t14-,15-/m0/s1. The smallest absolute Gasteiger partial charge is 0.380 e. The molecule has 1 aromatic carbocycles. The van der Waals surface area contributed by atoms with Crippen LogP contribution < -0.4 is 5.32 Å². The number of rotatable bonds is 4. The van der Waals surface area contributed by atoms with Crippen molar-refractivity contribution in [3.8, 4) is 6.07 Å². The highest BCUT2D eigenvalue weighted by Crippen LogP contribution is 2.36. The van der Waals surface area contributed by atoms with Crippen LogP contribution in [0.2, 0.25) is 0 Å². The number of hydrogen-bond acceptors (Lipinski definition) is 5. The minimum atomic E-state index is -4.47. The molecule has 2 fully saturated rings. The molecule has 158 valence electrons. The Kier molecular flexibility index (Phi) is 5.52. The summed E-state index contributed by atoms with van der Waals surface area (Å²) < 4.78 is 39.9. The van der Waals surface area contributed by atoms with E-state index in [-0.39, 0.29) is 30.1 Å². The maximum atomic E-state index is 13.3. The molecule has 2 aromatic rings. The third kappa shape index (κ3) is 4.05. The summed E-state index contributed by atoms with van der Waals surface area (Å²) in [6.07, 6.45) is -0.736. The van der Waals surface area contributed by atoms with Crippen LogP contribution in [0.4, 0.5) is 18.9 Å². The van der Waals surface area contributed by atoms with Gasteiger partial charge < -0.3 is 10.2 Å². The van der Waals surface area contributed by atoms with Gasteiger partial charge in [0.25, 0.3) is 0 Å². The SMILES string of the molecule is N#C[C@@H]1CCCN1C(=O)CN1CC[C@H](Nc2ccnc3c(C(F)(F)F)cccc23)C1. The van der Waals surface area contributed by atoms with E-state index in [1.165, 1.54) is 12.3 Å². The molecule has 2 saturated heterocycles. The van der Waals surface area contributed by atoms with Gasteiger partial charge in [0, 0.05) is 42.9 Å². The Morgan fingerprint density at radius 1 is 1.27 bits per heavy atom. The highest BCUT2D eigenvalue weighted by Gasteiger charge is 2.34. The van der Waals surface area contributed by atoms with Crippen molar-refractivity contribution in [1.29, 1.82) is 5.26 Å². The molecule has 30 heavy (non-hydrogen) atoms. The number of nitriles is 1. The fourth-order valence-corrected chi connectivity index (χ4v) is 4.33. The van der Waals surface area contributed by atoms with Crippen LogP contribution in [0.5, 0.6) is 0 Å². The van der Waals surface area contributed by atoms with E-state index in [2.05, 4.69) is 16.4 Å². The van der Waals surface area contributed by atoms with Gasteiger partial charge in [0.05, 0.1) is 23.7 Å². The molecule has 3 heterocycles. The Hall–Kier alpha value is -2.86. The summed E-state index contributed by atoms with van der Waals surface area (Å²) in [7, 11) is 0. The summed E-state index contributed by atoms with van der Waals surface area (Å²) in [6, 6.07) is 7.60. The molecule has 9 heteroatoms. The summed E-state index contributed by atoms with van der Waals surface area (Å²) in [5.74, 6) is -0.0381. The van der Waals surface area contributed by atoms with Crippen molar-refractivity contribution >= 4 is 22.5 Å². The second kappa shape index (κ2) is 8.11. The van der Waals surface area contributed by atoms with Crippen LogP contribution in [0.25, 0.3) is 10.9 Å². The molecule has 6 nitrogen and oxygen atoms in total. The lowest BCUT2D eigenvalue weighted by Crippen LogP contribution is -2.42. The topological polar surface area (TPSA) is 72.3 Å². The first-order chi connectivity index (χ1) is 14.4. The first kappa shape index (κ1) is 20.4. The van der Waals surface area contributed by atoms with Gasteiger partial charge in [0.2, 0.25) is 5.91 Å². The van der Waals surface area contributed by atoms with E-state index in [0.29, 0.717) is 30.7 Å². The van der Waals surface area contributed by atoms with Crippen LogP contribution in [0.3, 0.4) is 0 Å². The zero-order valence-electron chi connectivity index (χ0n) is 16.3. The minimum Gasteiger partial charge on any atom is -0.380 e. The Morgan fingerprint density at radius 3 is 2.87 bits per heavy atom. The zero-order valence-corrected chi connectivity index (χ0v) is 16.3. The number of carbonyl (C=O) groups excluding carboxylic acids is 1. The first-order valence-electron chi connectivity index (χ1n) is 9.99. The van der Waals surface area contributed by atoms with E-state index in [0.717, 1.165) is 25.3 Å². The number of likely N-dealkylation sites (tertiary alicyclic amines) is 2. The lowest BCUT2D eigenvalue weighted by atomic mass is 10.1. The van der Waals surface area contributed by atoms with E-state index >= 15 is 0 Å². The molecular formula is C21H22F3N5O. The number of carbonyl (C=O) groups is 1. The summed E-state index contributed by atoms with van der Waals surface area (Å²) in [5.41, 5.74) is -0.218. The molecule has 0 bridgehead atoms. The molecule has 1 aromatic heterocycles. The summed E-state index contributed by atoms with van der Waals surface area (Å²) in [6.45, 7) is 2.20. The minimum absolute atomic E-state index is 0.0169. The molecule has 0 spiro atoms. The normalized spacial score (nSPS) is 22.4. The predicted molar refractivity (Wildman–Crippen MR) is 106 cm³/mol. The number of nitrogens with one attached hydrogen (secondary N) is 1. The van der Waals surface area contributed by atoms with Gasteiger partial charge in [-0.05, 0) is 31.4 Å². The van der Waals surface area contributed by atoms with Gasteiger partial charge in [-0.2, -0.15) is 18.4 Å². The Bertz CT molecular complexity index is 987. The van der Waals surface area contributed by atoms with Gasteiger partial charge in [0.15, 0.2) is 0 Å². The van der Waals surface area contributed by atoms with Gasteiger partial charge in [0.1, 0.15) is 6.04 Å². The predicted octanol–water partition coefficient (Wildman–Crippen LogP) is 3.25. The second-order valence-corrected chi connectivity index (χ2v) is 7.80. The number of anilines is 1. The highest BCUT2D eigenvalue weighted by molar-refractivity contribution is 5.93. The third-order valence-electron chi connectivity index (χ3n) is 5.79. The monoisotopic (exact) mass is 417 g/mol. The molecule has 4 rings (SSSR count). The fourth-order valence-electron chi connectivity index (χ4n) is 4.33. The number of alkyl halides is 3. The number of halogens is 3. The number of nitrogens with zero attached hydrogens (tertiary/aromatic N) is 4. The summed E-state index contributed by atoms with van der Waals surface area (Å²) >= 11 is 0. The Labute approximate surface area is 172 Å². The van der Waals surface area contributed by atoms with Crippen LogP contribution in [-0.4, -0.2) is 59.0 Å². The van der Waals surface area contributed by atoms with Crippen LogP contribution in [0.1, 0.15) is 24.8 Å². The third-order valence-corrected chi connectivity index (χ3v) is 5.79. The van der Waals surface area contributed by atoms with Gasteiger partial charge in [-0.3, -0.25) is 14.7 Å². The second-order valence-electron chi connectivity index (χ2n) is 7.80. The van der Waals surface area contributed by atoms with Crippen LogP contribution in [0, 0.1) is 11.3 Å². The molecular weight excluding hydrogens is 395 g/mol. The lowest BCUT2D eigenvalue weighted by molar-refractivity contribution is -0.136. The lowest BCUT2D eigenvalue weighted by Gasteiger charge is -2.23. The number of pyridine rings is 1. The van der Waals surface area contributed by atoms with E-state index in [4.69, 9.17) is 5.26 Å². The first-order valence-corrected chi connectivity index (χ1v) is 9.99. The maximum Gasteiger partial charge on any atom is 0.418 e. The van der Waals surface area contributed by atoms with Crippen molar-refractivity contribution in [2.45, 2.75) is 37.5 Å². The number of aromatic nitrogens is 1. The van der Waals surface area contributed by atoms with Gasteiger partial charge in [-0.25, -0.2) is 0 Å². The van der Waals surface area contributed by atoms with E-state index in [9.17, 15) is 18.0 Å². The van der Waals surface area contributed by atoms with E-state index < -0.39 is 11.7 Å². The molecule has 0 radical (unpaired) electrons. The van der Waals surface area contributed by atoms with Crippen molar-refractivity contribution in [2.24, 2.45) is 0 Å². The molecule has 0 aliphatic carbocycles. The van der Waals surface area contributed by atoms with E-state index in [1.54, 1.807) is 17.0 Å². The van der Waals surface area contributed by atoms with Crippen molar-refractivity contribution < 1.29 is 18.0 Å². The fraction of sp³-hybridized carbons (Fsp3) is 0.476. The zero-order chi connectivity index (χ0) is 21.3. The molecule has 2 atom stereocenters. The number of hydrogen-bond donors (Lipinski definition) is 1. The van der Waals surface area contributed by atoms with Gasteiger partial charge in [-0.1, -0.05) is 12.1 Å². The van der Waals surface area contributed by atoms with Crippen molar-refractivity contribution in [1.82, 2.24) is 14.8 Å². The number of benzene rings is 1. The van der Waals surface area contributed by atoms with Crippen molar-refractivity contribution in [3.05, 3.63) is 36.0 Å². The average Bonchev–Trinajstić information content (AvgIpc) is 3.36. The molecule has 1 amide bonds. The average molecular weight is 417 g/mol. The summed E-state index contributed by atoms with van der Waals surface area (Å²) in [5, 5.41) is 12.9. The molecule has 2 aliphatic heterocycles. The summed E-state index contributed by atoms with van der Waals surface area (Å²) in [4.78, 5) is 20.2. The maximum absolute atomic E-state index is 13.3.